The maximum absolute atomic E-state index is 13.8. The fraction of sp³-hybridized carbons (Fsp3) is 0.680. The van der Waals surface area contributed by atoms with Crippen LogP contribution in [-0.4, -0.2) is 48.1 Å². The first kappa shape index (κ1) is 26.7. The Balaban J connectivity index is 0.00000363. The van der Waals surface area contributed by atoms with Gasteiger partial charge in [-0.2, -0.15) is 0 Å². The van der Waals surface area contributed by atoms with E-state index < -0.39 is 5.97 Å². The van der Waals surface area contributed by atoms with E-state index in [9.17, 15) is 14.7 Å². The number of nitrogens with zero attached hydrogens (tertiary/aromatic N) is 2. The molecule has 0 spiro atoms. The van der Waals surface area contributed by atoms with Crippen molar-refractivity contribution in [3.05, 3.63) is 15.8 Å². The van der Waals surface area contributed by atoms with Gasteiger partial charge < -0.3 is 14.9 Å². The lowest BCUT2D eigenvalue weighted by Gasteiger charge is -2.39. The number of piperidine rings is 1. The van der Waals surface area contributed by atoms with E-state index in [1.54, 1.807) is 0 Å². The Morgan fingerprint density at radius 2 is 1.72 bits per heavy atom. The number of rotatable bonds is 4. The Morgan fingerprint density at radius 3 is 2.25 bits per heavy atom. The van der Waals surface area contributed by atoms with Gasteiger partial charge in [0.1, 0.15) is 4.88 Å². The van der Waals surface area contributed by atoms with Gasteiger partial charge in [-0.05, 0) is 91.4 Å². The van der Waals surface area contributed by atoms with E-state index in [4.69, 9.17) is 0 Å². The first-order valence-electron chi connectivity index (χ1n) is 11.5. The number of carbonyl (C=O) groups excluding carboxylic acids is 1. The second-order valence-corrected chi connectivity index (χ2v) is 11.4. The first-order chi connectivity index (χ1) is 14.5. The summed E-state index contributed by atoms with van der Waals surface area (Å²) in [6, 6.07) is 1.88. The molecule has 1 N–H and O–H groups in total. The van der Waals surface area contributed by atoms with Gasteiger partial charge in [-0.25, -0.2) is 4.79 Å². The van der Waals surface area contributed by atoms with E-state index in [2.05, 4.69) is 30.7 Å². The summed E-state index contributed by atoms with van der Waals surface area (Å²) in [6.45, 7) is 10.2. The standard InChI is InChI=1S/C25H36N2O3S.ClH/c1-17-6-8-18(9-7-17)23(28)27(19-11-14-26(5)15-12-19)21-16-20(10-13-25(2,3)4)31-22(21)24(29)30;/h16-19H,6-9,11-12,14-15H2,1-5H3,(H,29,30);1H. The number of likely N-dealkylation sites (tertiary alicyclic amines) is 1. The largest absolute Gasteiger partial charge is 0.477 e. The molecule has 1 aromatic rings. The van der Waals surface area contributed by atoms with Gasteiger partial charge in [0.25, 0.3) is 0 Å². The molecule has 7 heteroatoms. The van der Waals surface area contributed by atoms with Crippen LogP contribution in [0.25, 0.3) is 0 Å². The van der Waals surface area contributed by atoms with Crippen molar-refractivity contribution >= 4 is 41.3 Å². The van der Waals surface area contributed by atoms with Crippen molar-refractivity contribution in [1.82, 2.24) is 4.90 Å². The van der Waals surface area contributed by atoms with E-state index in [0.29, 0.717) is 16.5 Å². The SMILES string of the molecule is CC1CCC(C(=O)N(c2cc(C#CC(C)(C)C)sc2C(=O)O)C2CCN(C)CC2)CC1.Cl. The number of halogens is 1. The van der Waals surface area contributed by atoms with Crippen LogP contribution in [0, 0.1) is 29.1 Å². The zero-order chi connectivity index (χ0) is 22.8. The lowest BCUT2D eigenvalue weighted by Crippen LogP contribution is -2.49. The van der Waals surface area contributed by atoms with Crippen LogP contribution in [0.4, 0.5) is 5.69 Å². The molecule has 0 atom stereocenters. The van der Waals surface area contributed by atoms with Crippen molar-refractivity contribution in [1.29, 1.82) is 0 Å². The highest BCUT2D eigenvalue weighted by Gasteiger charge is 2.36. The Labute approximate surface area is 203 Å². The van der Waals surface area contributed by atoms with Crippen molar-refractivity contribution in [2.45, 2.75) is 72.3 Å². The minimum Gasteiger partial charge on any atom is -0.477 e. The van der Waals surface area contributed by atoms with Crippen LogP contribution >= 0.6 is 23.7 Å². The van der Waals surface area contributed by atoms with Crippen molar-refractivity contribution in [3.8, 4) is 11.8 Å². The van der Waals surface area contributed by atoms with Crippen LogP contribution in [0.1, 0.15) is 80.8 Å². The number of aromatic carboxylic acids is 1. The first-order valence-corrected chi connectivity index (χ1v) is 12.3. The van der Waals surface area contributed by atoms with Gasteiger partial charge >= 0.3 is 5.97 Å². The Bertz CT molecular complexity index is 864. The number of carbonyl (C=O) groups is 2. The molecule has 2 fully saturated rings. The van der Waals surface area contributed by atoms with Crippen LogP contribution in [0.15, 0.2) is 6.07 Å². The lowest BCUT2D eigenvalue weighted by atomic mass is 9.82. The zero-order valence-corrected chi connectivity index (χ0v) is 21.6. The molecule has 1 saturated heterocycles. The molecular formula is C25H37ClN2O3S. The molecule has 1 amide bonds. The van der Waals surface area contributed by atoms with E-state index in [0.717, 1.165) is 51.6 Å². The Kier molecular flexibility index (Phi) is 9.22. The monoisotopic (exact) mass is 480 g/mol. The second kappa shape index (κ2) is 11.0. The summed E-state index contributed by atoms with van der Waals surface area (Å²) in [4.78, 5) is 31.0. The third-order valence-corrected chi connectivity index (χ3v) is 7.41. The molecule has 2 heterocycles. The van der Waals surface area contributed by atoms with E-state index in [1.807, 2.05) is 31.7 Å². The van der Waals surface area contributed by atoms with Crippen LogP contribution < -0.4 is 4.90 Å². The second-order valence-electron chi connectivity index (χ2n) is 10.3. The van der Waals surface area contributed by atoms with Crippen LogP contribution in [0.3, 0.4) is 0 Å². The van der Waals surface area contributed by atoms with Crippen molar-refractivity contribution < 1.29 is 14.7 Å². The Morgan fingerprint density at radius 1 is 1.12 bits per heavy atom. The van der Waals surface area contributed by atoms with Crippen molar-refractivity contribution in [2.75, 3.05) is 25.0 Å². The minimum absolute atomic E-state index is 0. The zero-order valence-electron chi connectivity index (χ0n) is 19.9. The highest BCUT2D eigenvalue weighted by molar-refractivity contribution is 7.15. The molecular weight excluding hydrogens is 444 g/mol. The van der Waals surface area contributed by atoms with Gasteiger partial charge in [0, 0.05) is 17.4 Å². The average molecular weight is 481 g/mol. The summed E-state index contributed by atoms with van der Waals surface area (Å²) in [6.07, 6.45) is 5.65. The highest BCUT2D eigenvalue weighted by Crippen LogP contribution is 2.37. The maximum Gasteiger partial charge on any atom is 0.348 e. The average Bonchev–Trinajstić information content (AvgIpc) is 3.12. The molecule has 0 radical (unpaired) electrons. The predicted octanol–water partition coefficient (Wildman–Crippen LogP) is 5.52. The van der Waals surface area contributed by atoms with Gasteiger partial charge in [0.05, 0.1) is 10.6 Å². The van der Waals surface area contributed by atoms with Gasteiger partial charge in [-0.3, -0.25) is 4.79 Å². The van der Waals surface area contributed by atoms with E-state index in [-0.39, 0.29) is 40.6 Å². The summed E-state index contributed by atoms with van der Waals surface area (Å²) in [5, 5.41) is 9.94. The molecule has 0 unspecified atom stereocenters. The fourth-order valence-electron chi connectivity index (χ4n) is 4.48. The summed E-state index contributed by atoms with van der Waals surface area (Å²) < 4.78 is 0. The summed E-state index contributed by atoms with van der Waals surface area (Å²) in [5.74, 6) is 6.12. The number of hydrogen-bond donors (Lipinski definition) is 1. The van der Waals surface area contributed by atoms with Gasteiger partial charge in [-0.1, -0.05) is 18.8 Å². The molecule has 1 aliphatic carbocycles. The molecule has 1 aromatic heterocycles. The summed E-state index contributed by atoms with van der Waals surface area (Å²) in [5.41, 5.74) is 0.379. The van der Waals surface area contributed by atoms with E-state index >= 15 is 0 Å². The fourth-order valence-corrected chi connectivity index (χ4v) is 5.32. The number of anilines is 1. The van der Waals surface area contributed by atoms with Crippen LogP contribution in [-0.2, 0) is 4.79 Å². The Hall–Kier alpha value is -1.55. The molecule has 178 valence electrons. The minimum atomic E-state index is -0.980. The van der Waals surface area contributed by atoms with E-state index in [1.165, 1.54) is 11.3 Å². The quantitative estimate of drug-likeness (QED) is 0.576. The smallest absolute Gasteiger partial charge is 0.348 e. The number of carboxylic acid groups (broad SMARTS) is 1. The summed E-state index contributed by atoms with van der Waals surface area (Å²) in [7, 11) is 2.10. The normalized spacial score (nSPS) is 22.4. The maximum atomic E-state index is 13.8. The molecule has 0 bridgehead atoms. The topological polar surface area (TPSA) is 60.9 Å². The molecule has 32 heavy (non-hydrogen) atoms. The molecule has 1 aliphatic heterocycles. The van der Waals surface area contributed by atoms with Gasteiger partial charge in [0.15, 0.2) is 0 Å². The van der Waals surface area contributed by atoms with Gasteiger partial charge in [0.2, 0.25) is 5.91 Å². The lowest BCUT2D eigenvalue weighted by molar-refractivity contribution is -0.124. The third-order valence-electron chi connectivity index (χ3n) is 6.38. The van der Waals surface area contributed by atoms with Gasteiger partial charge in [-0.15, -0.1) is 23.7 Å². The highest BCUT2D eigenvalue weighted by atomic mass is 35.5. The third kappa shape index (κ3) is 6.73. The molecule has 0 aromatic carbocycles. The number of thiophene rings is 1. The number of amides is 1. The molecule has 3 rings (SSSR count). The molecule has 1 saturated carbocycles. The van der Waals surface area contributed by atoms with Crippen molar-refractivity contribution in [2.24, 2.45) is 17.3 Å². The predicted molar refractivity (Wildman–Crippen MR) is 134 cm³/mol. The van der Waals surface area contributed by atoms with Crippen LogP contribution in [0.5, 0.6) is 0 Å². The number of hydrogen-bond acceptors (Lipinski definition) is 4. The van der Waals surface area contributed by atoms with Crippen molar-refractivity contribution in [3.63, 3.8) is 0 Å². The van der Waals surface area contributed by atoms with Crippen LogP contribution in [0.2, 0.25) is 0 Å². The molecule has 2 aliphatic rings. The molecule has 5 nitrogen and oxygen atoms in total. The summed E-state index contributed by atoms with van der Waals surface area (Å²) >= 11 is 1.19. The number of carboxylic acids is 1.